The highest BCUT2D eigenvalue weighted by Gasteiger charge is 2.37. The van der Waals surface area contributed by atoms with Crippen LogP contribution in [-0.4, -0.2) is 17.6 Å². The van der Waals surface area contributed by atoms with Crippen molar-refractivity contribution in [3.8, 4) is 0 Å². The maximum atomic E-state index is 12.6. The first kappa shape index (κ1) is 18.2. The highest BCUT2D eigenvalue weighted by molar-refractivity contribution is 7.12. The Morgan fingerprint density at radius 1 is 1.20 bits per heavy atom. The lowest BCUT2D eigenvalue weighted by Crippen LogP contribution is -2.38. The average molecular weight is 358 g/mol. The van der Waals surface area contributed by atoms with Gasteiger partial charge in [0.1, 0.15) is 0 Å². The molecule has 1 atom stereocenters. The molecule has 1 unspecified atom stereocenters. The Balaban J connectivity index is 1.76. The number of nitrogens with one attached hydrogen (secondary N) is 1. The van der Waals surface area contributed by atoms with Gasteiger partial charge in [-0.05, 0) is 57.9 Å². The second kappa shape index (κ2) is 7.30. The average Bonchev–Trinajstić information content (AvgIpc) is 3.21. The first-order chi connectivity index (χ1) is 11.9. The number of carbonyl (C=O) groups is 1. The van der Waals surface area contributed by atoms with Crippen LogP contribution in [0.3, 0.4) is 0 Å². The van der Waals surface area contributed by atoms with Gasteiger partial charge in [-0.15, -0.1) is 11.3 Å². The number of hydrogen-bond donors (Lipinski definition) is 2. The monoisotopic (exact) mass is 357 g/mol. The highest BCUT2D eigenvalue weighted by Crippen LogP contribution is 2.44. The van der Waals surface area contributed by atoms with Gasteiger partial charge in [-0.1, -0.05) is 30.0 Å². The molecule has 0 radical (unpaired) electrons. The molecule has 1 aromatic carbocycles. The summed E-state index contributed by atoms with van der Waals surface area (Å²) >= 11 is 1.69. The van der Waals surface area contributed by atoms with E-state index in [1.807, 2.05) is 32.0 Å². The molecule has 1 aliphatic rings. The van der Waals surface area contributed by atoms with Crippen LogP contribution in [0.15, 0.2) is 30.3 Å². The number of benzene rings is 1. The second-order valence-electron chi connectivity index (χ2n) is 7.42. The van der Waals surface area contributed by atoms with Crippen LogP contribution in [-0.2, 0) is 5.41 Å². The van der Waals surface area contributed by atoms with Crippen LogP contribution in [0.1, 0.15) is 70.0 Å². The summed E-state index contributed by atoms with van der Waals surface area (Å²) in [6, 6.07) is 10.1. The predicted octanol–water partition coefficient (Wildman–Crippen LogP) is 4.66. The molecular formula is C21H27NO2S. The van der Waals surface area contributed by atoms with Gasteiger partial charge in [0.05, 0.1) is 6.10 Å². The lowest BCUT2D eigenvalue weighted by Gasteiger charge is -2.28. The maximum absolute atomic E-state index is 12.6. The van der Waals surface area contributed by atoms with Gasteiger partial charge in [0.2, 0.25) is 0 Å². The van der Waals surface area contributed by atoms with Crippen molar-refractivity contribution in [3.05, 3.63) is 56.8 Å². The van der Waals surface area contributed by atoms with E-state index in [0.29, 0.717) is 6.54 Å². The Hall–Kier alpha value is -1.65. The number of hydrogen-bond acceptors (Lipinski definition) is 3. The quantitative estimate of drug-likeness (QED) is 0.817. The van der Waals surface area contributed by atoms with Crippen LogP contribution in [0.2, 0.25) is 0 Å². The predicted molar refractivity (Wildman–Crippen MR) is 103 cm³/mol. The zero-order chi connectivity index (χ0) is 18.0. The van der Waals surface area contributed by atoms with Crippen molar-refractivity contribution >= 4 is 17.2 Å². The van der Waals surface area contributed by atoms with Crippen molar-refractivity contribution in [2.24, 2.45) is 0 Å². The van der Waals surface area contributed by atoms with Crippen LogP contribution >= 0.6 is 11.3 Å². The van der Waals surface area contributed by atoms with Crippen LogP contribution in [0, 0.1) is 13.8 Å². The molecule has 1 aliphatic carbocycles. The molecule has 0 spiro atoms. The van der Waals surface area contributed by atoms with Gasteiger partial charge < -0.3 is 10.4 Å². The first-order valence-corrected chi connectivity index (χ1v) is 9.86. The minimum atomic E-state index is -0.429. The number of thiophene rings is 1. The van der Waals surface area contributed by atoms with Gasteiger partial charge in [0.25, 0.3) is 5.91 Å². The van der Waals surface area contributed by atoms with E-state index in [0.717, 1.165) is 34.4 Å². The number of aliphatic hydroxyl groups is 1. The smallest absolute Gasteiger partial charge is 0.251 e. The lowest BCUT2D eigenvalue weighted by atomic mass is 9.84. The van der Waals surface area contributed by atoms with E-state index in [1.54, 1.807) is 18.3 Å². The van der Waals surface area contributed by atoms with E-state index in [9.17, 15) is 9.90 Å². The van der Waals surface area contributed by atoms with Crippen LogP contribution in [0.4, 0.5) is 0 Å². The fraction of sp³-hybridized carbons (Fsp3) is 0.476. The van der Waals surface area contributed by atoms with Crippen molar-refractivity contribution in [1.82, 2.24) is 5.32 Å². The van der Waals surface area contributed by atoms with Gasteiger partial charge in [-0.3, -0.25) is 4.79 Å². The topological polar surface area (TPSA) is 49.3 Å². The van der Waals surface area contributed by atoms with E-state index in [-0.39, 0.29) is 11.3 Å². The van der Waals surface area contributed by atoms with Crippen molar-refractivity contribution in [1.29, 1.82) is 0 Å². The molecule has 0 bridgehead atoms. The molecular weight excluding hydrogens is 330 g/mol. The number of aryl methyl sites for hydroxylation is 2. The van der Waals surface area contributed by atoms with Gasteiger partial charge in [0, 0.05) is 27.3 Å². The minimum Gasteiger partial charge on any atom is -0.388 e. The Morgan fingerprint density at radius 3 is 2.40 bits per heavy atom. The fourth-order valence-electron chi connectivity index (χ4n) is 3.88. The molecule has 3 nitrogen and oxygen atoms in total. The second-order valence-corrected chi connectivity index (χ2v) is 8.54. The van der Waals surface area contributed by atoms with Crippen LogP contribution < -0.4 is 5.32 Å². The Bertz CT molecular complexity index is 737. The molecule has 1 aromatic heterocycles. The standard InChI is InChI=1S/C21H27NO2S/c1-14-10-15(2)12-17(11-14)20(24)22-13-21(8-4-5-9-21)19-7-6-18(25-19)16(3)23/h6-7,10-12,16,23H,4-5,8-9,13H2,1-3H3,(H,22,24). The zero-order valence-corrected chi connectivity index (χ0v) is 16.1. The van der Waals surface area contributed by atoms with E-state index in [1.165, 1.54) is 17.7 Å². The van der Waals surface area contributed by atoms with E-state index in [4.69, 9.17) is 0 Å². The summed E-state index contributed by atoms with van der Waals surface area (Å²) in [6.07, 6.45) is 4.16. The van der Waals surface area contributed by atoms with E-state index >= 15 is 0 Å². The van der Waals surface area contributed by atoms with Gasteiger partial charge in [0.15, 0.2) is 0 Å². The Kier molecular flexibility index (Phi) is 5.30. The summed E-state index contributed by atoms with van der Waals surface area (Å²) in [5, 5.41) is 13.0. The third-order valence-corrected chi connectivity index (χ3v) is 6.70. The molecule has 2 N–H and O–H groups in total. The van der Waals surface area contributed by atoms with Gasteiger partial charge in [-0.2, -0.15) is 0 Å². The van der Waals surface area contributed by atoms with Gasteiger partial charge in [-0.25, -0.2) is 0 Å². The summed E-state index contributed by atoms with van der Waals surface area (Å²) in [4.78, 5) is 14.9. The molecule has 1 amide bonds. The molecule has 0 aliphatic heterocycles. The molecule has 1 heterocycles. The third-order valence-electron chi connectivity index (χ3n) is 5.19. The van der Waals surface area contributed by atoms with Crippen LogP contribution in [0.25, 0.3) is 0 Å². The summed E-state index contributed by atoms with van der Waals surface area (Å²) in [5.74, 6) is 0.00498. The minimum absolute atomic E-state index is 0.00498. The molecule has 0 saturated heterocycles. The van der Waals surface area contributed by atoms with Crippen LogP contribution in [0.5, 0.6) is 0 Å². The van der Waals surface area contributed by atoms with Crippen molar-refractivity contribution in [3.63, 3.8) is 0 Å². The largest absolute Gasteiger partial charge is 0.388 e. The number of rotatable bonds is 5. The molecule has 3 rings (SSSR count). The van der Waals surface area contributed by atoms with E-state index < -0.39 is 6.10 Å². The normalized spacial score (nSPS) is 17.4. The van der Waals surface area contributed by atoms with E-state index in [2.05, 4.69) is 17.4 Å². The summed E-state index contributed by atoms with van der Waals surface area (Å²) in [5.41, 5.74) is 2.98. The molecule has 2 aromatic rings. The molecule has 4 heteroatoms. The summed E-state index contributed by atoms with van der Waals surface area (Å²) < 4.78 is 0. The molecule has 134 valence electrons. The fourth-order valence-corrected chi connectivity index (χ4v) is 5.07. The maximum Gasteiger partial charge on any atom is 0.251 e. The third kappa shape index (κ3) is 3.96. The van der Waals surface area contributed by atoms with Crippen molar-refractivity contribution in [2.75, 3.05) is 6.54 Å². The lowest BCUT2D eigenvalue weighted by molar-refractivity contribution is 0.0943. The first-order valence-electron chi connectivity index (χ1n) is 9.04. The molecule has 1 fully saturated rings. The number of aliphatic hydroxyl groups excluding tert-OH is 1. The highest BCUT2D eigenvalue weighted by atomic mass is 32.1. The Labute approximate surface area is 154 Å². The summed E-state index contributed by atoms with van der Waals surface area (Å²) in [7, 11) is 0. The summed E-state index contributed by atoms with van der Waals surface area (Å²) in [6.45, 7) is 6.51. The van der Waals surface area contributed by atoms with Gasteiger partial charge >= 0.3 is 0 Å². The Morgan fingerprint density at radius 2 is 1.84 bits per heavy atom. The van der Waals surface area contributed by atoms with Crippen molar-refractivity contribution < 1.29 is 9.90 Å². The molecule has 25 heavy (non-hydrogen) atoms. The molecule has 1 saturated carbocycles. The van der Waals surface area contributed by atoms with Crippen molar-refractivity contribution in [2.45, 2.75) is 58.0 Å². The number of carbonyl (C=O) groups excluding carboxylic acids is 1. The zero-order valence-electron chi connectivity index (χ0n) is 15.3. The SMILES string of the molecule is Cc1cc(C)cc(C(=O)NCC2(c3ccc(C(C)O)s3)CCCC2)c1. The number of amides is 1.